The summed E-state index contributed by atoms with van der Waals surface area (Å²) in [4.78, 5) is 4.24. The van der Waals surface area contributed by atoms with E-state index in [0.29, 0.717) is 10.8 Å². The molecule has 0 aliphatic rings. The Morgan fingerprint density at radius 3 is 2.67 bits per heavy atom. The second kappa shape index (κ2) is 7.47. The van der Waals surface area contributed by atoms with Crippen LogP contribution in [0.1, 0.15) is 5.56 Å². The first-order chi connectivity index (χ1) is 11.6. The Morgan fingerprint density at radius 1 is 1.17 bits per heavy atom. The van der Waals surface area contributed by atoms with Crippen LogP contribution in [0.25, 0.3) is 11.4 Å². The highest BCUT2D eigenvalue weighted by Crippen LogP contribution is 2.25. The number of ether oxygens (including phenoxy) is 1. The Balaban J connectivity index is 1.65. The van der Waals surface area contributed by atoms with Crippen LogP contribution in [0.5, 0.6) is 5.75 Å². The van der Waals surface area contributed by atoms with Crippen LogP contribution < -0.4 is 4.74 Å². The third kappa shape index (κ3) is 3.93. The second-order valence-electron chi connectivity index (χ2n) is 5.52. The van der Waals surface area contributed by atoms with E-state index in [1.807, 2.05) is 49.4 Å². The molecule has 0 aliphatic heterocycles. The van der Waals surface area contributed by atoms with E-state index in [1.165, 1.54) is 6.33 Å². The predicted octanol–water partition coefficient (Wildman–Crippen LogP) is 3.35. The van der Waals surface area contributed by atoms with Crippen LogP contribution in [0.3, 0.4) is 0 Å². The first-order valence-electron chi connectivity index (χ1n) is 7.64. The minimum Gasteiger partial charge on any atom is -0.491 e. The lowest BCUT2D eigenvalue weighted by molar-refractivity contribution is 0.0897. The lowest BCUT2D eigenvalue weighted by Crippen LogP contribution is -2.24. The van der Waals surface area contributed by atoms with E-state index < -0.39 is 6.10 Å². The summed E-state index contributed by atoms with van der Waals surface area (Å²) in [5.41, 5.74) is 1.94. The molecule has 124 valence electrons. The molecule has 0 saturated carbocycles. The number of halogens is 1. The third-order valence-corrected chi connectivity index (χ3v) is 3.91. The topological polar surface area (TPSA) is 60.2 Å². The maximum atomic E-state index is 10.2. The molecule has 1 unspecified atom stereocenters. The number of aromatic nitrogens is 3. The van der Waals surface area contributed by atoms with Crippen molar-refractivity contribution < 1.29 is 9.84 Å². The Hall–Kier alpha value is -2.37. The SMILES string of the molecule is Cc1ccc(OCC(O)Cn2ncnc2-c2ccccc2Cl)cc1. The number of aliphatic hydroxyl groups is 1. The van der Waals surface area contributed by atoms with Crippen molar-refractivity contribution in [2.75, 3.05) is 6.61 Å². The highest BCUT2D eigenvalue weighted by atomic mass is 35.5. The molecule has 1 aromatic heterocycles. The van der Waals surface area contributed by atoms with Gasteiger partial charge in [-0.25, -0.2) is 9.67 Å². The Kier molecular flexibility index (Phi) is 5.13. The van der Waals surface area contributed by atoms with Gasteiger partial charge in [-0.15, -0.1) is 0 Å². The molecule has 2 aromatic carbocycles. The van der Waals surface area contributed by atoms with Gasteiger partial charge in [0.1, 0.15) is 24.8 Å². The summed E-state index contributed by atoms with van der Waals surface area (Å²) in [6, 6.07) is 15.1. The standard InChI is InChI=1S/C18H18ClN3O2/c1-13-6-8-15(9-7-13)24-11-14(23)10-22-18(20-12-21-22)16-4-2-3-5-17(16)19/h2-9,12,14,23H,10-11H2,1H3. The Labute approximate surface area is 145 Å². The van der Waals surface area contributed by atoms with E-state index in [2.05, 4.69) is 10.1 Å². The Morgan fingerprint density at radius 2 is 1.92 bits per heavy atom. The monoisotopic (exact) mass is 343 g/mol. The number of aliphatic hydroxyl groups excluding tert-OH is 1. The lowest BCUT2D eigenvalue weighted by atomic mass is 10.2. The van der Waals surface area contributed by atoms with Gasteiger partial charge in [0, 0.05) is 5.56 Å². The van der Waals surface area contributed by atoms with Gasteiger partial charge >= 0.3 is 0 Å². The molecule has 24 heavy (non-hydrogen) atoms. The van der Waals surface area contributed by atoms with Crippen LogP contribution in [0.2, 0.25) is 5.02 Å². The maximum Gasteiger partial charge on any atom is 0.159 e. The van der Waals surface area contributed by atoms with Crippen molar-refractivity contribution in [2.45, 2.75) is 19.6 Å². The fraction of sp³-hybridized carbons (Fsp3) is 0.222. The number of benzene rings is 2. The van der Waals surface area contributed by atoms with Crippen LogP contribution in [0.4, 0.5) is 0 Å². The molecule has 0 radical (unpaired) electrons. The molecule has 3 aromatic rings. The summed E-state index contributed by atoms with van der Waals surface area (Å²) in [6.07, 6.45) is 0.737. The van der Waals surface area contributed by atoms with Gasteiger partial charge in [-0.1, -0.05) is 41.4 Å². The molecule has 0 amide bonds. The van der Waals surface area contributed by atoms with Gasteiger partial charge in [0.25, 0.3) is 0 Å². The van der Waals surface area contributed by atoms with E-state index in [9.17, 15) is 5.11 Å². The van der Waals surface area contributed by atoms with Crippen molar-refractivity contribution in [3.8, 4) is 17.1 Å². The zero-order chi connectivity index (χ0) is 16.9. The molecular formula is C18H18ClN3O2. The predicted molar refractivity (Wildman–Crippen MR) is 93.1 cm³/mol. The molecule has 0 bridgehead atoms. The van der Waals surface area contributed by atoms with E-state index in [-0.39, 0.29) is 13.2 Å². The van der Waals surface area contributed by atoms with Gasteiger partial charge in [-0.2, -0.15) is 5.10 Å². The summed E-state index contributed by atoms with van der Waals surface area (Å²) in [5, 5.41) is 15.0. The third-order valence-electron chi connectivity index (χ3n) is 3.58. The summed E-state index contributed by atoms with van der Waals surface area (Å²) in [7, 11) is 0. The van der Waals surface area contributed by atoms with Gasteiger partial charge < -0.3 is 9.84 Å². The van der Waals surface area contributed by atoms with Crippen LogP contribution in [0, 0.1) is 6.92 Å². The van der Waals surface area contributed by atoms with Crippen LogP contribution in [0.15, 0.2) is 54.9 Å². The van der Waals surface area contributed by atoms with E-state index in [1.54, 1.807) is 10.7 Å². The average Bonchev–Trinajstić information content (AvgIpc) is 3.02. The largest absolute Gasteiger partial charge is 0.491 e. The first-order valence-corrected chi connectivity index (χ1v) is 8.01. The van der Waals surface area contributed by atoms with E-state index in [4.69, 9.17) is 16.3 Å². The van der Waals surface area contributed by atoms with Gasteiger partial charge in [0.2, 0.25) is 0 Å². The van der Waals surface area contributed by atoms with Crippen LogP contribution in [-0.2, 0) is 6.54 Å². The minimum absolute atomic E-state index is 0.172. The highest BCUT2D eigenvalue weighted by molar-refractivity contribution is 6.33. The normalized spacial score (nSPS) is 12.1. The molecule has 0 spiro atoms. The van der Waals surface area contributed by atoms with E-state index in [0.717, 1.165) is 16.9 Å². The zero-order valence-electron chi connectivity index (χ0n) is 13.3. The van der Waals surface area contributed by atoms with Crippen molar-refractivity contribution in [3.05, 3.63) is 65.4 Å². The van der Waals surface area contributed by atoms with Crippen molar-refractivity contribution >= 4 is 11.6 Å². The average molecular weight is 344 g/mol. The van der Waals surface area contributed by atoms with Crippen molar-refractivity contribution in [1.82, 2.24) is 14.8 Å². The summed E-state index contributed by atoms with van der Waals surface area (Å²) in [6.45, 7) is 2.46. The van der Waals surface area contributed by atoms with E-state index >= 15 is 0 Å². The molecule has 1 N–H and O–H groups in total. The lowest BCUT2D eigenvalue weighted by Gasteiger charge is -2.14. The number of rotatable bonds is 6. The molecular weight excluding hydrogens is 326 g/mol. The molecule has 0 aliphatic carbocycles. The number of nitrogens with zero attached hydrogens (tertiary/aromatic N) is 3. The molecule has 3 rings (SSSR count). The summed E-state index contributed by atoms with van der Waals surface area (Å²) < 4.78 is 7.23. The van der Waals surface area contributed by atoms with Crippen LogP contribution in [-0.4, -0.2) is 32.6 Å². The number of hydrogen-bond donors (Lipinski definition) is 1. The van der Waals surface area contributed by atoms with Crippen LogP contribution >= 0.6 is 11.6 Å². The minimum atomic E-state index is -0.714. The van der Waals surface area contributed by atoms with Crippen molar-refractivity contribution in [1.29, 1.82) is 0 Å². The summed E-state index contributed by atoms with van der Waals surface area (Å²) >= 11 is 6.21. The van der Waals surface area contributed by atoms with Gasteiger partial charge in [-0.3, -0.25) is 0 Å². The van der Waals surface area contributed by atoms with Crippen molar-refractivity contribution in [3.63, 3.8) is 0 Å². The Bertz CT molecular complexity index is 802. The highest BCUT2D eigenvalue weighted by Gasteiger charge is 2.14. The fourth-order valence-corrected chi connectivity index (χ4v) is 2.55. The van der Waals surface area contributed by atoms with Gasteiger partial charge in [0.15, 0.2) is 5.82 Å². The molecule has 1 heterocycles. The first kappa shape index (κ1) is 16.5. The number of aryl methyl sites for hydroxylation is 1. The smallest absolute Gasteiger partial charge is 0.159 e. The quantitative estimate of drug-likeness (QED) is 0.745. The maximum absolute atomic E-state index is 10.2. The fourth-order valence-electron chi connectivity index (χ4n) is 2.33. The van der Waals surface area contributed by atoms with Gasteiger partial charge in [0.05, 0.1) is 11.6 Å². The van der Waals surface area contributed by atoms with Crippen molar-refractivity contribution in [2.24, 2.45) is 0 Å². The molecule has 6 heteroatoms. The number of hydrogen-bond acceptors (Lipinski definition) is 4. The second-order valence-corrected chi connectivity index (χ2v) is 5.93. The molecule has 0 fully saturated rings. The summed E-state index contributed by atoms with van der Waals surface area (Å²) in [5.74, 6) is 1.35. The zero-order valence-corrected chi connectivity index (χ0v) is 14.0. The van der Waals surface area contributed by atoms with Gasteiger partial charge in [-0.05, 0) is 31.2 Å². The molecule has 0 saturated heterocycles. The molecule has 5 nitrogen and oxygen atoms in total. The molecule has 1 atom stereocenters.